The summed E-state index contributed by atoms with van der Waals surface area (Å²) in [6, 6.07) is 4.23. The normalized spacial score (nSPS) is 33.1. The van der Waals surface area contributed by atoms with Gasteiger partial charge in [0.25, 0.3) is 0 Å². The summed E-state index contributed by atoms with van der Waals surface area (Å²) in [4.78, 5) is 2.43. The molecule has 1 aromatic carbocycles. The zero-order valence-electron chi connectivity index (χ0n) is 15.0. The van der Waals surface area contributed by atoms with Crippen LogP contribution in [0.2, 0.25) is 0 Å². The van der Waals surface area contributed by atoms with Crippen LogP contribution in [-0.2, 0) is 11.8 Å². The summed E-state index contributed by atoms with van der Waals surface area (Å²) in [6.07, 6.45) is 5.18. The molecule has 0 saturated carbocycles. The number of piperidine rings is 1. The van der Waals surface area contributed by atoms with Gasteiger partial charge in [-0.1, -0.05) is 18.2 Å². The van der Waals surface area contributed by atoms with Crippen LogP contribution in [0, 0.1) is 5.92 Å². The largest absolute Gasteiger partial charge is 0.504 e. The van der Waals surface area contributed by atoms with Crippen LogP contribution in [-0.4, -0.2) is 79.8 Å². The second-order valence-corrected chi connectivity index (χ2v) is 6.93. The number of phenols is 1. The van der Waals surface area contributed by atoms with E-state index in [9.17, 15) is 10.2 Å². The van der Waals surface area contributed by atoms with Gasteiger partial charge in [-0.2, -0.15) is 0 Å². The molecule has 1 fully saturated rings. The molecule has 10 nitrogen and oxygen atoms in total. The summed E-state index contributed by atoms with van der Waals surface area (Å²) in [7, 11) is 2.19. The van der Waals surface area contributed by atoms with Gasteiger partial charge in [0.15, 0.2) is 11.5 Å². The van der Waals surface area contributed by atoms with E-state index in [-0.39, 0.29) is 50.1 Å². The average Bonchev–Trinajstić information content (AvgIpc) is 2.83. The van der Waals surface area contributed by atoms with E-state index in [2.05, 4.69) is 18.0 Å². The molecule has 1 aromatic rings. The number of likely N-dealkylation sites (N-methyl/N-ethyl adjacent to an activating group) is 1. The van der Waals surface area contributed by atoms with E-state index in [1.54, 1.807) is 6.07 Å². The quantitative estimate of drug-likeness (QED) is 0.421. The number of benzene rings is 1. The molecule has 1 spiro atoms. The SMILES string of the molecule is CN1CC[C@]23c4c5ccc(O)c4O[C@H]2[C@@H](O)C=C[C@H]3[C@H]1C5.O.O.O.O.O.O. The van der Waals surface area contributed by atoms with Crippen LogP contribution in [0.5, 0.6) is 11.5 Å². The second-order valence-electron chi connectivity index (χ2n) is 6.93. The van der Waals surface area contributed by atoms with Gasteiger partial charge in [-0.15, -0.1) is 0 Å². The van der Waals surface area contributed by atoms with Crippen LogP contribution >= 0.6 is 0 Å². The van der Waals surface area contributed by atoms with E-state index in [4.69, 9.17) is 4.74 Å². The zero-order valence-corrected chi connectivity index (χ0v) is 15.0. The monoisotopic (exact) mass is 393 g/mol. The molecule has 27 heavy (non-hydrogen) atoms. The van der Waals surface area contributed by atoms with Crippen LogP contribution in [0.15, 0.2) is 24.3 Å². The lowest BCUT2D eigenvalue weighted by atomic mass is 9.53. The Bertz CT molecular complexity index is 683. The molecule has 4 aliphatic rings. The van der Waals surface area contributed by atoms with Gasteiger partial charge in [0.1, 0.15) is 12.2 Å². The summed E-state index contributed by atoms with van der Waals surface area (Å²) in [5.74, 6) is 1.19. The van der Waals surface area contributed by atoms with E-state index in [1.807, 2.05) is 12.1 Å². The van der Waals surface area contributed by atoms with Gasteiger partial charge in [0.05, 0.1) is 0 Å². The minimum atomic E-state index is -0.594. The Morgan fingerprint density at radius 2 is 1.74 bits per heavy atom. The zero-order chi connectivity index (χ0) is 14.4. The number of ether oxygens (including phenoxy) is 1. The van der Waals surface area contributed by atoms with Gasteiger partial charge in [-0.3, -0.25) is 0 Å². The number of nitrogens with zero attached hydrogens (tertiary/aromatic N) is 1. The summed E-state index contributed by atoms with van der Waals surface area (Å²) in [6.45, 7) is 1.01. The third kappa shape index (κ3) is 2.91. The van der Waals surface area contributed by atoms with Crippen LogP contribution in [0.3, 0.4) is 0 Å². The number of likely N-dealkylation sites (tertiary alicyclic amines) is 1. The molecule has 2 bridgehead atoms. The fourth-order valence-corrected chi connectivity index (χ4v) is 5.24. The Kier molecular flexibility index (Phi) is 8.65. The van der Waals surface area contributed by atoms with Crippen molar-refractivity contribution >= 4 is 0 Å². The van der Waals surface area contributed by atoms with Gasteiger partial charge < -0.3 is 52.7 Å². The fourth-order valence-electron chi connectivity index (χ4n) is 5.24. The molecule has 0 amide bonds. The third-order valence-electron chi connectivity index (χ3n) is 6.15. The lowest BCUT2D eigenvalue weighted by Gasteiger charge is -2.56. The van der Waals surface area contributed by atoms with Gasteiger partial charge in [-0.25, -0.2) is 0 Å². The summed E-state index contributed by atoms with van der Waals surface area (Å²) >= 11 is 0. The van der Waals surface area contributed by atoms with E-state index in [0.29, 0.717) is 17.7 Å². The smallest absolute Gasteiger partial charge is 0.165 e. The van der Waals surface area contributed by atoms with E-state index >= 15 is 0 Å². The lowest BCUT2D eigenvalue weighted by Crippen LogP contribution is -2.64. The molecule has 0 aromatic heterocycles. The van der Waals surface area contributed by atoms with Crippen molar-refractivity contribution in [2.24, 2.45) is 5.92 Å². The Hall–Kier alpha value is -1.76. The number of aliphatic hydroxyl groups excluding tert-OH is 1. The van der Waals surface area contributed by atoms with Crippen molar-refractivity contribution in [1.29, 1.82) is 0 Å². The maximum Gasteiger partial charge on any atom is 0.165 e. The van der Waals surface area contributed by atoms with Crippen LogP contribution in [0.25, 0.3) is 0 Å². The van der Waals surface area contributed by atoms with E-state index in [1.165, 1.54) is 11.1 Å². The van der Waals surface area contributed by atoms with Crippen molar-refractivity contribution in [3.63, 3.8) is 0 Å². The van der Waals surface area contributed by atoms with Crippen molar-refractivity contribution in [3.05, 3.63) is 35.4 Å². The number of hydrogen-bond acceptors (Lipinski definition) is 4. The number of phenolic OH excluding ortho intramolecular Hbond substituents is 1. The van der Waals surface area contributed by atoms with Crippen molar-refractivity contribution in [3.8, 4) is 11.5 Å². The van der Waals surface area contributed by atoms with Gasteiger partial charge in [-0.05, 0) is 38.1 Å². The number of hydrogen-bond donors (Lipinski definition) is 2. The molecule has 0 radical (unpaired) electrons. The Morgan fingerprint density at radius 1 is 1.07 bits per heavy atom. The molecule has 2 aliphatic heterocycles. The highest BCUT2D eigenvalue weighted by molar-refractivity contribution is 5.61. The van der Waals surface area contributed by atoms with Crippen molar-refractivity contribution in [2.75, 3.05) is 13.6 Å². The minimum absolute atomic E-state index is 0. The predicted octanol–water partition coefficient (Wildman–Crippen LogP) is -3.75. The van der Waals surface area contributed by atoms with Crippen molar-refractivity contribution in [1.82, 2.24) is 4.90 Å². The number of aromatic hydroxyl groups is 1. The number of aliphatic hydroxyl groups is 1. The maximum atomic E-state index is 10.4. The summed E-state index contributed by atoms with van der Waals surface area (Å²) in [5, 5.41) is 20.6. The first-order valence-electron chi connectivity index (χ1n) is 7.71. The highest BCUT2D eigenvalue weighted by Gasteiger charge is 2.64. The molecule has 14 N–H and O–H groups in total. The van der Waals surface area contributed by atoms with Crippen LogP contribution < -0.4 is 4.74 Å². The first-order chi connectivity index (χ1) is 10.1. The van der Waals surface area contributed by atoms with Crippen molar-refractivity contribution in [2.45, 2.75) is 36.5 Å². The predicted molar refractivity (Wildman–Crippen MR) is 99.3 cm³/mol. The molecule has 158 valence electrons. The lowest BCUT2D eigenvalue weighted by molar-refractivity contribution is -0.0453. The highest BCUT2D eigenvalue weighted by Crippen LogP contribution is 2.62. The van der Waals surface area contributed by atoms with Gasteiger partial charge in [0.2, 0.25) is 0 Å². The molecule has 5 atom stereocenters. The Balaban J connectivity index is 0. The fraction of sp³-hybridized carbons (Fsp3) is 0.529. The first-order valence-corrected chi connectivity index (χ1v) is 7.71. The second kappa shape index (κ2) is 8.50. The molecule has 5 rings (SSSR count). The minimum Gasteiger partial charge on any atom is -0.504 e. The third-order valence-corrected chi connectivity index (χ3v) is 6.15. The molecular weight excluding hydrogens is 362 g/mol. The Labute approximate surface area is 156 Å². The molecule has 2 aliphatic carbocycles. The standard InChI is InChI=1S/C17H19NO3.6H2O/c1-18-7-6-17-10-3-5-13(20)16(17)21-15-12(19)4-2-9(14(15)17)8-11(10)18;;;;;;/h2-5,10-11,13,16,19-20H,6-8H2,1H3;6*1H2/t10-,11+,13-,16-,17-;;;;;;/m0....../s1. The van der Waals surface area contributed by atoms with Crippen LogP contribution in [0.1, 0.15) is 17.5 Å². The molecule has 1 saturated heterocycles. The maximum absolute atomic E-state index is 10.4. The first kappa shape index (κ1) is 27.5. The highest BCUT2D eigenvalue weighted by atomic mass is 16.5. The molecule has 2 heterocycles. The summed E-state index contributed by atoms with van der Waals surface area (Å²) in [5.41, 5.74) is 2.29. The Morgan fingerprint density at radius 3 is 2.41 bits per heavy atom. The topological polar surface area (TPSA) is 242 Å². The average molecular weight is 393 g/mol. The van der Waals surface area contributed by atoms with Crippen molar-refractivity contribution < 1.29 is 47.8 Å². The van der Waals surface area contributed by atoms with Crippen LogP contribution in [0.4, 0.5) is 0 Å². The van der Waals surface area contributed by atoms with Gasteiger partial charge in [0, 0.05) is 22.9 Å². The van der Waals surface area contributed by atoms with E-state index < -0.39 is 6.10 Å². The number of rotatable bonds is 0. The van der Waals surface area contributed by atoms with Gasteiger partial charge >= 0.3 is 0 Å². The molecule has 0 unspecified atom stereocenters. The van der Waals surface area contributed by atoms with E-state index in [0.717, 1.165) is 19.4 Å². The summed E-state index contributed by atoms with van der Waals surface area (Å²) < 4.78 is 6.09. The molecule has 10 heteroatoms. The molecular formula is C17H31NO9.